The average Bonchev–Trinajstić information content (AvgIpc) is 3.46. The maximum Gasteiger partial charge on any atom is 0.258 e. The first-order valence-corrected chi connectivity index (χ1v) is 10.7. The molecule has 3 aromatic heterocycles. The van der Waals surface area contributed by atoms with E-state index in [9.17, 15) is 4.79 Å². The van der Waals surface area contributed by atoms with Gasteiger partial charge >= 0.3 is 0 Å². The van der Waals surface area contributed by atoms with E-state index < -0.39 is 0 Å². The number of fused-ring (bicyclic) bond motifs is 1. The monoisotopic (exact) mass is 487 g/mol. The lowest BCUT2D eigenvalue weighted by molar-refractivity contribution is 0.300. The second-order valence-corrected chi connectivity index (χ2v) is 7.84. The van der Waals surface area contributed by atoms with Gasteiger partial charge in [-0.25, -0.2) is 0 Å². The number of ether oxygens (including phenoxy) is 1. The van der Waals surface area contributed by atoms with Crippen LogP contribution in [-0.2, 0) is 13.2 Å². The smallest absolute Gasteiger partial charge is 0.258 e. The van der Waals surface area contributed by atoms with Crippen molar-refractivity contribution in [2.24, 2.45) is 0 Å². The van der Waals surface area contributed by atoms with Crippen molar-refractivity contribution < 1.29 is 4.74 Å². The Morgan fingerprint density at radius 3 is 2.58 bits per heavy atom. The summed E-state index contributed by atoms with van der Waals surface area (Å²) in [6.07, 6.45) is 7.94. The predicted molar refractivity (Wildman–Crippen MR) is 134 cm³/mol. The fourth-order valence-corrected chi connectivity index (χ4v) is 4.05. The molecule has 0 saturated carbocycles. The number of rotatable bonds is 7. The van der Waals surface area contributed by atoms with Gasteiger partial charge in [-0.15, -0.1) is 24.8 Å². The topological polar surface area (TPSA) is 65.2 Å². The van der Waals surface area contributed by atoms with E-state index in [0.717, 1.165) is 35.4 Å². The van der Waals surface area contributed by atoms with Crippen LogP contribution >= 0.6 is 24.8 Å². The van der Waals surface area contributed by atoms with Crippen LogP contribution < -0.4 is 10.3 Å². The maximum atomic E-state index is 12.7. The number of pyridine rings is 2. The summed E-state index contributed by atoms with van der Waals surface area (Å²) in [5.41, 5.74) is 2.58. The van der Waals surface area contributed by atoms with E-state index in [1.807, 2.05) is 42.6 Å². The largest absolute Gasteiger partial charge is 0.487 e. The van der Waals surface area contributed by atoms with Crippen LogP contribution in [0.15, 0.2) is 71.9 Å². The first kappa shape index (κ1) is 24.8. The summed E-state index contributed by atoms with van der Waals surface area (Å²) in [6, 6.07) is 15.0. The SMILES string of the molecule is Cl.Cl.O=c1cc(OCc2ccccn2)ccn1-c1ccc2c(cnn2CCN2CCCC2)c1. The Morgan fingerprint density at radius 2 is 1.82 bits per heavy atom. The highest BCUT2D eigenvalue weighted by Gasteiger charge is 2.12. The van der Waals surface area contributed by atoms with Gasteiger partial charge in [0.25, 0.3) is 5.56 Å². The van der Waals surface area contributed by atoms with Gasteiger partial charge in [-0.3, -0.25) is 19.0 Å². The number of halogens is 2. The normalized spacial score (nSPS) is 13.5. The molecule has 0 N–H and O–H groups in total. The Hall–Kier alpha value is -2.87. The van der Waals surface area contributed by atoms with Gasteiger partial charge in [-0.05, 0) is 62.3 Å². The molecular formula is C24H27Cl2N5O2. The van der Waals surface area contributed by atoms with E-state index >= 15 is 0 Å². The number of aromatic nitrogens is 4. The van der Waals surface area contributed by atoms with E-state index in [0.29, 0.717) is 12.4 Å². The zero-order valence-electron chi connectivity index (χ0n) is 18.2. The highest BCUT2D eigenvalue weighted by molar-refractivity contribution is 5.85. The van der Waals surface area contributed by atoms with Gasteiger partial charge in [-0.1, -0.05) is 6.07 Å². The summed E-state index contributed by atoms with van der Waals surface area (Å²) in [4.78, 5) is 19.4. The molecule has 0 radical (unpaired) electrons. The minimum atomic E-state index is -0.140. The lowest BCUT2D eigenvalue weighted by atomic mass is 10.2. The number of nitrogens with zero attached hydrogens (tertiary/aromatic N) is 5. The van der Waals surface area contributed by atoms with Gasteiger partial charge < -0.3 is 9.64 Å². The van der Waals surface area contributed by atoms with Crippen LogP contribution in [0.5, 0.6) is 5.75 Å². The molecule has 0 spiro atoms. The number of hydrogen-bond acceptors (Lipinski definition) is 5. The third-order valence-electron chi connectivity index (χ3n) is 5.73. The van der Waals surface area contributed by atoms with Crippen molar-refractivity contribution in [3.05, 3.63) is 83.2 Å². The Bertz CT molecular complexity index is 1240. The zero-order valence-corrected chi connectivity index (χ0v) is 19.8. The standard InChI is InChI=1S/C24H25N5O2.2ClH/c30-24-16-22(31-18-20-5-1-2-9-25-20)8-12-28(24)21-6-7-23-19(15-21)17-26-29(23)14-13-27-10-3-4-11-27;;/h1-2,5-9,12,15-17H,3-4,10-11,13-14,18H2;2*1H. The van der Waals surface area contributed by atoms with Crippen molar-refractivity contribution in [3.63, 3.8) is 0 Å². The molecule has 1 saturated heterocycles. The molecule has 0 aliphatic carbocycles. The molecule has 5 rings (SSSR count). The van der Waals surface area contributed by atoms with E-state index in [-0.39, 0.29) is 30.4 Å². The van der Waals surface area contributed by atoms with Crippen LogP contribution in [0, 0.1) is 0 Å². The van der Waals surface area contributed by atoms with Crippen LogP contribution in [0.3, 0.4) is 0 Å². The Kier molecular flexibility index (Phi) is 8.49. The number of likely N-dealkylation sites (tertiary alicyclic amines) is 1. The minimum absolute atomic E-state index is 0. The Balaban J connectivity index is 0.00000153. The summed E-state index contributed by atoms with van der Waals surface area (Å²) < 4.78 is 9.38. The van der Waals surface area contributed by atoms with Gasteiger partial charge in [0.15, 0.2) is 0 Å². The molecule has 4 heterocycles. The quantitative estimate of drug-likeness (QED) is 0.392. The fourth-order valence-electron chi connectivity index (χ4n) is 4.05. The van der Waals surface area contributed by atoms with Crippen molar-refractivity contribution in [2.75, 3.05) is 19.6 Å². The van der Waals surface area contributed by atoms with Gasteiger partial charge in [0.05, 0.1) is 24.0 Å². The molecule has 9 heteroatoms. The van der Waals surface area contributed by atoms with Crippen LogP contribution in [-0.4, -0.2) is 43.9 Å². The molecule has 1 aliphatic rings. The van der Waals surface area contributed by atoms with Crippen molar-refractivity contribution in [3.8, 4) is 11.4 Å². The van der Waals surface area contributed by atoms with E-state index in [1.54, 1.807) is 23.0 Å². The second kappa shape index (κ2) is 11.3. The molecule has 0 amide bonds. The molecule has 33 heavy (non-hydrogen) atoms. The third-order valence-corrected chi connectivity index (χ3v) is 5.73. The van der Waals surface area contributed by atoms with Crippen LogP contribution in [0.2, 0.25) is 0 Å². The maximum absolute atomic E-state index is 12.7. The van der Waals surface area contributed by atoms with Gasteiger partial charge in [0.1, 0.15) is 12.4 Å². The first-order chi connectivity index (χ1) is 15.3. The van der Waals surface area contributed by atoms with Crippen LogP contribution in [0.1, 0.15) is 18.5 Å². The highest BCUT2D eigenvalue weighted by atomic mass is 35.5. The number of hydrogen-bond donors (Lipinski definition) is 0. The van der Waals surface area contributed by atoms with Crippen molar-refractivity contribution in [1.29, 1.82) is 0 Å². The van der Waals surface area contributed by atoms with Gasteiger partial charge in [0.2, 0.25) is 0 Å². The molecule has 1 aliphatic heterocycles. The molecule has 1 aromatic carbocycles. The molecule has 4 aromatic rings. The summed E-state index contributed by atoms with van der Waals surface area (Å²) in [5.74, 6) is 0.530. The van der Waals surface area contributed by atoms with Crippen molar-refractivity contribution >= 4 is 35.7 Å². The fraction of sp³-hybridized carbons (Fsp3) is 0.292. The van der Waals surface area contributed by atoms with Gasteiger partial charge in [0, 0.05) is 36.1 Å². The Labute approximate surface area is 204 Å². The van der Waals surface area contributed by atoms with Crippen LogP contribution in [0.25, 0.3) is 16.6 Å². The molecular weight excluding hydrogens is 461 g/mol. The third kappa shape index (κ3) is 5.74. The van der Waals surface area contributed by atoms with E-state index in [4.69, 9.17) is 4.74 Å². The molecule has 0 bridgehead atoms. The molecule has 1 fully saturated rings. The zero-order chi connectivity index (χ0) is 21.0. The van der Waals surface area contributed by atoms with Gasteiger partial charge in [-0.2, -0.15) is 5.10 Å². The summed E-state index contributed by atoms with van der Waals surface area (Å²) >= 11 is 0. The second-order valence-electron chi connectivity index (χ2n) is 7.84. The molecule has 174 valence electrons. The number of benzene rings is 1. The first-order valence-electron chi connectivity index (χ1n) is 10.7. The van der Waals surface area contributed by atoms with Crippen molar-refractivity contribution in [1.82, 2.24) is 24.2 Å². The highest BCUT2D eigenvalue weighted by Crippen LogP contribution is 2.19. The lowest BCUT2D eigenvalue weighted by Crippen LogP contribution is -2.24. The minimum Gasteiger partial charge on any atom is -0.487 e. The Morgan fingerprint density at radius 1 is 0.970 bits per heavy atom. The summed E-state index contributed by atoms with van der Waals surface area (Å²) in [6.45, 7) is 4.61. The van der Waals surface area contributed by atoms with E-state index in [1.165, 1.54) is 32.0 Å². The molecule has 0 atom stereocenters. The molecule has 7 nitrogen and oxygen atoms in total. The van der Waals surface area contributed by atoms with E-state index in [2.05, 4.69) is 19.7 Å². The molecule has 0 unspecified atom stereocenters. The van der Waals surface area contributed by atoms with Crippen molar-refractivity contribution in [2.45, 2.75) is 26.0 Å². The predicted octanol–water partition coefficient (Wildman–Crippen LogP) is 4.10. The lowest BCUT2D eigenvalue weighted by Gasteiger charge is -2.14. The summed E-state index contributed by atoms with van der Waals surface area (Å²) in [5, 5.41) is 5.59. The van der Waals surface area contributed by atoms with Crippen LogP contribution in [0.4, 0.5) is 0 Å². The average molecular weight is 488 g/mol. The summed E-state index contributed by atoms with van der Waals surface area (Å²) in [7, 11) is 0.